The molecule has 11 heteroatoms. The number of fused-ring (bicyclic) bond motifs is 2. The Morgan fingerprint density at radius 1 is 1.09 bits per heavy atom. The highest BCUT2D eigenvalue weighted by Crippen LogP contribution is 2.51. The molecule has 0 saturated carbocycles. The van der Waals surface area contributed by atoms with Gasteiger partial charge in [-0.25, -0.2) is 9.97 Å². The van der Waals surface area contributed by atoms with E-state index in [1.165, 1.54) is 6.33 Å². The highest BCUT2D eigenvalue weighted by molar-refractivity contribution is 6.84. The van der Waals surface area contributed by atoms with Crippen LogP contribution < -0.4 is 5.73 Å². The van der Waals surface area contributed by atoms with Crippen molar-refractivity contribution >= 4 is 34.0 Å². The molecule has 0 bridgehead atoms. The third kappa shape index (κ3) is 4.09. The molecule has 9 nitrogen and oxygen atoms in total. The van der Waals surface area contributed by atoms with Crippen LogP contribution in [0.1, 0.15) is 69.9 Å². The van der Waals surface area contributed by atoms with Gasteiger partial charge in [-0.3, -0.25) is 0 Å². The number of nitrogens with two attached hydrogens (primary N) is 1. The largest absolute Gasteiger partial charge is 0.414 e. The number of nitrogens with zero attached hydrogens (tertiary/aromatic N) is 3. The Kier molecular flexibility index (Phi) is 6.65. The van der Waals surface area contributed by atoms with Crippen LogP contribution in [-0.4, -0.2) is 61.2 Å². The maximum absolute atomic E-state index is 12.0. The first kappa shape index (κ1) is 25.3. The van der Waals surface area contributed by atoms with Crippen LogP contribution >= 0.6 is 0 Å². The summed E-state index contributed by atoms with van der Waals surface area (Å²) in [6.07, 6.45) is 0.881. The number of nitrogen functional groups attached to an aromatic ring is 1. The zero-order chi connectivity index (χ0) is 26.8. The van der Waals surface area contributed by atoms with E-state index < -0.39 is 41.2 Å². The van der Waals surface area contributed by atoms with Crippen molar-refractivity contribution in [3.05, 3.63) is 18.6 Å². The molecule has 2 aliphatic heterocycles. The molecule has 2 aromatic rings. The molecule has 0 amide bonds. The number of anilines is 1. The summed E-state index contributed by atoms with van der Waals surface area (Å²) in [5.41, 5.74) is 5.70. The van der Waals surface area contributed by atoms with Gasteiger partial charge in [0.1, 0.15) is 35.6 Å². The topological polar surface area (TPSA) is 114 Å². The number of rotatable bonds is 5. The van der Waals surface area contributed by atoms with Crippen LogP contribution in [0, 0.1) is 0 Å². The summed E-state index contributed by atoms with van der Waals surface area (Å²) >= 11 is 0. The average Bonchev–Trinajstić information content (AvgIpc) is 3.21. The van der Waals surface area contributed by atoms with E-state index in [9.17, 15) is 5.11 Å². The van der Waals surface area contributed by atoms with E-state index in [2.05, 4.69) is 65.4 Å². The van der Waals surface area contributed by atoms with Crippen LogP contribution in [0.25, 0.3) is 11.0 Å². The van der Waals surface area contributed by atoms with Gasteiger partial charge in [0.15, 0.2) is 6.23 Å². The van der Waals surface area contributed by atoms with Crippen molar-refractivity contribution in [3.63, 3.8) is 0 Å². The summed E-state index contributed by atoms with van der Waals surface area (Å²) in [7, 11) is -5.67. The summed E-state index contributed by atoms with van der Waals surface area (Å²) in [5, 5.41) is 12.4. The number of hydrogen-bond acceptors (Lipinski definition) is 8. The second kappa shape index (κ2) is 9.19. The Morgan fingerprint density at radius 3 is 2.26 bits per heavy atom. The molecule has 1 unspecified atom stereocenters. The van der Waals surface area contributed by atoms with Crippen LogP contribution in [-0.2, 0) is 17.7 Å². The average molecular weight is 525 g/mol. The summed E-state index contributed by atoms with van der Waals surface area (Å²) < 4.78 is 37.7. The number of ether oxygens (including phenoxy) is 1. The van der Waals surface area contributed by atoms with Crippen LogP contribution in [0.3, 0.4) is 0 Å². The molecule has 2 fully saturated rings. The molecule has 0 spiro atoms. The molecule has 4 atom stereocenters. The molecule has 0 aliphatic carbocycles. The second-order valence-electron chi connectivity index (χ2n) is 11.4. The van der Waals surface area contributed by atoms with E-state index >= 15 is 0 Å². The number of hydrogen-bond donors (Lipinski definition) is 2. The highest BCUT2D eigenvalue weighted by atomic mass is 28.5. The van der Waals surface area contributed by atoms with Crippen molar-refractivity contribution in [1.82, 2.24) is 14.5 Å². The van der Waals surface area contributed by atoms with Crippen molar-refractivity contribution < 1.29 is 24.2 Å². The fourth-order valence-corrected chi connectivity index (χ4v) is 17.1. The Bertz CT molecular complexity index is 1090. The van der Waals surface area contributed by atoms with Gasteiger partial charge in [-0.1, -0.05) is 55.4 Å². The first-order valence-electron chi connectivity index (χ1n) is 13.2. The minimum atomic E-state index is -2.94. The standard InChI is InChI=1S/C24H42N4O5Si2/c1-14(2)34(15(3)4)30-12-19-20(32-35(33-34,16(5)6)17(7)8)24(9,29)23(31-19)28-11-10-18-21(25)26-13-27-22(18)28/h10-11,13-17,19-20,23,29H,12H2,1-9H3,(H2,25,26,27)/t19-,20?,23+,24-/m0/s1/i10T. The Labute approximate surface area is 212 Å². The molecule has 0 aromatic carbocycles. The van der Waals surface area contributed by atoms with E-state index in [4.69, 9.17) is 24.8 Å². The molecule has 4 heterocycles. The molecule has 2 saturated heterocycles. The van der Waals surface area contributed by atoms with Gasteiger partial charge in [0, 0.05) is 6.20 Å². The van der Waals surface area contributed by atoms with Crippen LogP contribution in [0.4, 0.5) is 5.82 Å². The number of aliphatic hydroxyl groups is 1. The van der Waals surface area contributed by atoms with E-state index in [0.717, 1.165) is 0 Å². The van der Waals surface area contributed by atoms with Crippen LogP contribution in [0.2, 0.25) is 22.2 Å². The normalized spacial score (nSPS) is 31.3. The van der Waals surface area contributed by atoms with Gasteiger partial charge in [-0.15, -0.1) is 0 Å². The SMILES string of the molecule is [3H]c1cn([C@@H]2O[C@H]3CO[Si](C(C)C)(C(C)C)O[Si](C(C)C)(C(C)C)OC3[C@]2(C)O)c2ncnc(N)c12. The van der Waals surface area contributed by atoms with Crippen LogP contribution in [0.15, 0.2) is 18.6 Å². The first-order valence-corrected chi connectivity index (χ1v) is 16.6. The first-order chi connectivity index (χ1) is 16.7. The minimum absolute atomic E-state index is 0.124. The quantitative estimate of drug-likeness (QED) is 0.545. The fraction of sp³-hybridized carbons (Fsp3) is 0.750. The summed E-state index contributed by atoms with van der Waals surface area (Å²) in [5.74, 6) is 0.219. The maximum atomic E-state index is 12.0. The smallest absolute Gasteiger partial charge is 0.335 e. The lowest BCUT2D eigenvalue weighted by Crippen LogP contribution is -2.66. The lowest BCUT2D eigenvalue weighted by Gasteiger charge is -2.52. The predicted molar refractivity (Wildman–Crippen MR) is 140 cm³/mol. The van der Waals surface area contributed by atoms with Crippen molar-refractivity contribution in [3.8, 4) is 0 Å². The summed E-state index contributed by atoms with van der Waals surface area (Å²) in [4.78, 5) is 8.39. The summed E-state index contributed by atoms with van der Waals surface area (Å²) in [6.45, 7) is 19.3. The molecule has 0 radical (unpaired) electrons. The van der Waals surface area contributed by atoms with Gasteiger partial charge in [-0.05, 0) is 35.1 Å². The van der Waals surface area contributed by atoms with E-state index in [0.29, 0.717) is 11.0 Å². The molecule has 35 heavy (non-hydrogen) atoms. The Morgan fingerprint density at radius 2 is 1.69 bits per heavy atom. The van der Waals surface area contributed by atoms with E-state index in [-0.39, 0.29) is 40.6 Å². The lowest BCUT2D eigenvalue weighted by molar-refractivity contribution is -0.0935. The van der Waals surface area contributed by atoms with Crippen molar-refractivity contribution in [2.45, 2.75) is 109 Å². The Balaban J connectivity index is 1.84. The maximum Gasteiger partial charge on any atom is 0.335 e. The molecular formula is C24H42N4O5Si2. The summed E-state index contributed by atoms with van der Waals surface area (Å²) in [6, 6.07) is 0.173. The molecule has 196 valence electrons. The van der Waals surface area contributed by atoms with Gasteiger partial charge >= 0.3 is 17.1 Å². The lowest BCUT2D eigenvalue weighted by atomic mass is 9.96. The van der Waals surface area contributed by atoms with Gasteiger partial charge < -0.3 is 33.1 Å². The molecule has 2 aromatic heterocycles. The van der Waals surface area contributed by atoms with Crippen molar-refractivity contribution in [1.29, 1.82) is 0 Å². The van der Waals surface area contributed by atoms with Crippen LogP contribution in [0.5, 0.6) is 0 Å². The van der Waals surface area contributed by atoms with Crippen molar-refractivity contribution in [2.75, 3.05) is 12.3 Å². The highest BCUT2D eigenvalue weighted by Gasteiger charge is 2.64. The number of aromatic nitrogens is 3. The van der Waals surface area contributed by atoms with E-state index in [1.54, 1.807) is 17.7 Å². The monoisotopic (exact) mass is 524 g/mol. The van der Waals surface area contributed by atoms with Gasteiger partial charge in [0.2, 0.25) is 0 Å². The molecular weight excluding hydrogens is 480 g/mol. The van der Waals surface area contributed by atoms with Gasteiger partial charge in [0.25, 0.3) is 0 Å². The zero-order valence-electron chi connectivity index (χ0n) is 23.4. The minimum Gasteiger partial charge on any atom is -0.414 e. The molecule has 4 rings (SSSR count). The van der Waals surface area contributed by atoms with Gasteiger partial charge in [0.05, 0.1) is 13.4 Å². The Hall–Kier alpha value is -1.35. The van der Waals surface area contributed by atoms with Gasteiger partial charge in [-0.2, -0.15) is 0 Å². The van der Waals surface area contributed by atoms with E-state index in [1.807, 2.05) is 0 Å². The third-order valence-electron chi connectivity index (χ3n) is 7.74. The second-order valence-corrected chi connectivity index (χ2v) is 20.2. The van der Waals surface area contributed by atoms with Crippen molar-refractivity contribution in [2.24, 2.45) is 0 Å². The fourth-order valence-electron chi connectivity index (χ4n) is 5.78. The molecule has 3 N–H and O–H groups in total. The zero-order valence-corrected chi connectivity index (χ0v) is 24.4. The third-order valence-corrected chi connectivity index (χ3v) is 18.0. The molecule has 2 aliphatic rings. The predicted octanol–water partition coefficient (Wildman–Crippen LogP) is 4.62.